The van der Waals surface area contributed by atoms with Crippen molar-refractivity contribution in [3.63, 3.8) is 0 Å². The Morgan fingerprint density at radius 3 is 2.32 bits per heavy atom. The summed E-state index contributed by atoms with van der Waals surface area (Å²) >= 11 is 0. The molecule has 1 aliphatic rings. The number of fused-ring (bicyclic) bond motifs is 1. The van der Waals surface area contributed by atoms with Crippen molar-refractivity contribution in [2.45, 2.75) is 32.6 Å². The monoisotopic (exact) mass is 374 g/mol. The molecule has 0 aliphatic carbocycles. The molecule has 2 heterocycles. The van der Waals surface area contributed by atoms with E-state index in [1.165, 1.54) is 12.8 Å². The molecule has 0 atom stereocenters. The lowest BCUT2D eigenvalue weighted by Gasteiger charge is -2.23. The molecule has 0 unspecified atom stereocenters. The number of hydrogen-bond donors (Lipinski definition) is 0. The van der Waals surface area contributed by atoms with Crippen LogP contribution in [-0.4, -0.2) is 36.0 Å². The first-order chi connectivity index (χ1) is 13.7. The molecule has 144 valence electrons. The van der Waals surface area contributed by atoms with Crippen LogP contribution in [0.5, 0.6) is 5.75 Å². The van der Waals surface area contributed by atoms with E-state index in [2.05, 4.69) is 0 Å². The number of rotatable bonds is 3. The van der Waals surface area contributed by atoms with Crippen LogP contribution >= 0.6 is 0 Å². The summed E-state index contributed by atoms with van der Waals surface area (Å²) in [6, 6.07) is 15.8. The average Bonchev–Trinajstić information content (AvgIpc) is 3.03. The molecule has 4 rings (SSSR count). The van der Waals surface area contributed by atoms with Crippen molar-refractivity contribution in [3.8, 4) is 17.0 Å². The van der Waals surface area contributed by atoms with Gasteiger partial charge in [0, 0.05) is 24.0 Å². The molecule has 1 fully saturated rings. The highest BCUT2D eigenvalue weighted by atomic mass is 16.5. The van der Waals surface area contributed by atoms with Gasteiger partial charge >= 0.3 is 0 Å². The Morgan fingerprint density at radius 2 is 1.64 bits per heavy atom. The lowest BCUT2D eigenvalue weighted by atomic mass is 9.96. The van der Waals surface area contributed by atoms with Crippen LogP contribution in [0.2, 0.25) is 0 Å². The maximum absolute atomic E-state index is 13.5. The minimum absolute atomic E-state index is 0.132. The van der Waals surface area contributed by atoms with E-state index in [1.54, 1.807) is 7.11 Å². The molecule has 0 spiro atoms. The zero-order valence-electron chi connectivity index (χ0n) is 16.6. The van der Waals surface area contributed by atoms with E-state index in [0.717, 1.165) is 65.0 Å². The second-order valence-corrected chi connectivity index (χ2v) is 7.41. The minimum atomic E-state index is 0.132. The molecule has 28 heavy (non-hydrogen) atoms. The van der Waals surface area contributed by atoms with Gasteiger partial charge in [0.1, 0.15) is 5.75 Å². The summed E-state index contributed by atoms with van der Waals surface area (Å²) in [6.45, 7) is 3.70. The predicted molar refractivity (Wildman–Crippen MR) is 113 cm³/mol. The van der Waals surface area contributed by atoms with Crippen LogP contribution in [0, 0.1) is 6.92 Å². The van der Waals surface area contributed by atoms with Gasteiger partial charge in [-0.1, -0.05) is 31.0 Å². The SMILES string of the molecule is COc1ccc(-c2nc3ccccc3c(C(=O)N3CCCCCC3)c2C)cc1. The van der Waals surface area contributed by atoms with Crippen molar-refractivity contribution in [1.29, 1.82) is 0 Å². The van der Waals surface area contributed by atoms with Crippen LogP contribution in [0.4, 0.5) is 0 Å². The topological polar surface area (TPSA) is 42.4 Å². The molecule has 2 aromatic carbocycles. The minimum Gasteiger partial charge on any atom is -0.497 e. The van der Waals surface area contributed by atoms with Gasteiger partial charge in [0.05, 0.1) is 23.9 Å². The third kappa shape index (κ3) is 3.47. The van der Waals surface area contributed by atoms with Crippen LogP contribution in [0.25, 0.3) is 22.2 Å². The van der Waals surface area contributed by atoms with Crippen LogP contribution in [-0.2, 0) is 0 Å². The van der Waals surface area contributed by atoms with Gasteiger partial charge in [-0.2, -0.15) is 0 Å². The van der Waals surface area contributed by atoms with Crippen molar-refractivity contribution in [1.82, 2.24) is 9.88 Å². The number of para-hydroxylation sites is 1. The summed E-state index contributed by atoms with van der Waals surface area (Å²) in [4.78, 5) is 20.5. The summed E-state index contributed by atoms with van der Waals surface area (Å²) in [5.74, 6) is 0.941. The number of amides is 1. The number of hydrogen-bond acceptors (Lipinski definition) is 3. The van der Waals surface area contributed by atoms with Crippen molar-refractivity contribution < 1.29 is 9.53 Å². The third-order valence-corrected chi connectivity index (χ3v) is 5.61. The van der Waals surface area contributed by atoms with Crippen LogP contribution in [0.1, 0.15) is 41.6 Å². The number of carbonyl (C=O) groups excluding carboxylic acids is 1. The number of methoxy groups -OCH3 is 1. The van der Waals surface area contributed by atoms with Gasteiger partial charge < -0.3 is 9.64 Å². The standard InChI is InChI=1S/C24H26N2O2/c1-17-22(24(27)26-15-7-3-4-8-16-26)20-9-5-6-10-21(20)25-23(17)18-11-13-19(28-2)14-12-18/h5-6,9-14H,3-4,7-8,15-16H2,1-2H3. The van der Waals surface area contributed by atoms with E-state index < -0.39 is 0 Å². The smallest absolute Gasteiger partial charge is 0.254 e. The predicted octanol–water partition coefficient (Wildman–Crippen LogP) is 5.24. The Bertz CT molecular complexity index is 987. The highest BCUT2D eigenvalue weighted by Gasteiger charge is 2.24. The number of ether oxygens (including phenoxy) is 1. The molecule has 1 saturated heterocycles. The highest BCUT2D eigenvalue weighted by molar-refractivity contribution is 6.08. The molecular weight excluding hydrogens is 348 g/mol. The van der Waals surface area contributed by atoms with Crippen LogP contribution in [0.3, 0.4) is 0 Å². The average molecular weight is 374 g/mol. The molecule has 1 aromatic heterocycles. The normalized spacial score (nSPS) is 14.7. The maximum atomic E-state index is 13.5. The van der Waals surface area contributed by atoms with Gasteiger partial charge in [-0.3, -0.25) is 4.79 Å². The van der Waals surface area contributed by atoms with Crippen molar-refractivity contribution >= 4 is 16.8 Å². The summed E-state index contributed by atoms with van der Waals surface area (Å²) in [6.07, 6.45) is 4.58. The van der Waals surface area contributed by atoms with Crippen LogP contribution in [0.15, 0.2) is 48.5 Å². The first-order valence-electron chi connectivity index (χ1n) is 10.0. The second-order valence-electron chi connectivity index (χ2n) is 7.41. The van der Waals surface area contributed by atoms with E-state index in [9.17, 15) is 4.79 Å². The summed E-state index contributed by atoms with van der Waals surface area (Å²) in [5, 5.41) is 0.937. The molecule has 0 saturated carbocycles. The molecule has 4 nitrogen and oxygen atoms in total. The van der Waals surface area contributed by atoms with E-state index in [0.29, 0.717) is 0 Å². The van der Waals surface area contributed by atoms with Crippen molar-refractivity contribution in [3.05, 3.63) is 59.7 Å². The lowest BCUT2D eigenvalue weighted by Crippen LogP contribution is -2.32. The van der Waals surface area contributed by atoms with Gasteiger partial charge in [-0.25, -0.2) is 4.98 Å². The summed E-state index contributed by atoms with van der Waals surface area (Å²) in [5.41, 5.74) is 4.45. The van der Waals surface area contributed by atoms with E-state index >= 15 is 0 Å². The van der Waals surface area contributed by atoms with Gasteiger partial charge in [0.25, 0.3) is 5.91 Å². The van der Waals surface area contributed by atoms with Gasteiger partial charge in [-0.15, -0.1) is 0 Å². The summed E-state index contributed by atoms with van der Waals surface area (Å²) < 4.78 is 5.28. The second kappa shape index (κ2) is 8.01. The fourth-order valence-corrected chi connectivity index (χ4v) is 4.04. The number of pyridine rings is 1. The number of nitrogens with zero attached hydrogens (tertiary/aromatic N) is 2. The molecule has 1 amide bonds. The molecule has 0 radical (unpaired) electrons. The molecule has 0 bridgehead atoms. The van der Waals surface area contributed by atoms with Gasteiger partial charge in [0.15, 0.2) is 0 Å². The van der Waals surface area contributed by atoms with Gasteiger partial charge in [-0.05, 0) is 55.7 Å². The quantitative estimate of drug-likeness (QED) is 0.630. The molecular formula is C24H26N2O2. The van der Waals surface area contributed by atoms with Crippen molar-refractivity contribution in [2.75, 3.05) is 20.2 Å². The van der Waals surface area contributed by atoms with E-state index in [4.69, 9.17) is 9.72 Å². The Morgan fingerprint density at radius 1 is 0.964 bits per heavy atom. The number of aromatic nitrogens is 1. The number of likely N-dealkylation sites (tertiary alicyclic amines) is 1. The highest BCUT2D eigenvalue weighted by Crippen LogP contribution is 2.31. The van der Waals surface area contributed by atoms with Gasteiger partial charge in [0.2, 0.25) is 0 Å². The van der Waals surface area contributed by atoms with Crippen molar-refractivity contribution in [2.24, 2.45) is 0 Å². The zero-order valence-corrected chi connectivity index (χ0v) is 16.6. The van der Waals surface area contributed by atoms with Crippen LogP contribution < -0.4 is 4.74 Å². The largest absolute Gasteiger partial charge is 0.497 e. The molecule has 1 aliphatic heterocycles. The molecule has 0 N–H and O–H groups in total. The maximum Gasteiger partial charge on any atom is 0.254 e. The fourth-order valence-electron chi connectivity index (χ4n) is 4.04. The first kappa shape index (κ1) is 18.5. The number of carbonyl (C=O) groups is 1. The Labute approximate surface area is 166 Å². The first-order valence-corrected chi connectivity index (χ1v) is 10.0. The fraction of sp³-hybridized carbons (Fsp3) is 0.333. The third-order valence-electron chi connectivity index (χ3n) is 5.61. The van der Waals surface area contributed by atoms with E-state index in [-0.39, 0.29) is 5.91 Å². The Hall–Kier alpha value is -2.88. The molecule has 4 heteroatoms. The molecule has 3 aromatic rings. The Kier molecular flexibility index (Phi) is 5.29. The number of benzene rings is 2. The zero-order chi connectivity index (χ0) is 19.5. The Balaban J connectivity index is 1.86. The lowest BCUT2D eigenvalue weighted by molar-refractivity contribution is 0.0763. The summed E-state index contributed by atoms with van der Waals surface area (Å²) in [7, 11) is 1.66. The van der Waals surface area contributed by atoms with E-state index in [1.807, 2.05) is 60.4 Å².